The first kappa shape index (κ1) is 17.1. The molecule has 132 valence electrons. The highest BCUT2D eigenvalue weighted by atomic mass is 16.5. The summed E-state index contributed by atoms with van der Waals surface area (Å²) >= 11 is 0. The smallest absolute Gasteiger partial charge is 0.318 e. The summed E-state index contributed by atoms with van der Waals surface area (Å²) in [5.74, 6) is 1.24. The summed E-state index contributed by atoms with van der Waals surface area (Å²) in [6, 6.07) is 13.0. The van der Waals surface area contributed by atoms with Crippen molar-refractivity contribution in [2.24, 2.45) is 0 Å². The number of nitrogens with one attached hydrogen (secondary N) is 1. The Kier molecular flexibility index (Phi) is 5.09. The number of amides is 2. The van der Waals surface area contributed by atoms with Crippen LogP contribution in [-0.2, 0) is 13.1 Å². The fourth-order valence-electron chi connectivity index (χ4n) is 3.12. The molecule has 3 rings (SSSR count). The topological polar surface area (TPSA) is 71.0 Å². The van der Waals surface area contributed by atoms with Gasteiger partial charge < -0.3 is 24.8 Å². The van der Waals surface area contributed by atoms with E-state index in [4.69, 9.17) is 9.47 Å². The second kappa shape index (κ2) is 7.44. The number of hydrogen-bond acceptors (Lipinski definition) is 4. The van der Waals surface area contributed by atoms with E-state index in [9.17, 15) is 9.90 Å². The molecule has 0 unspecified atom stereocenters. The van der Waals surface area contributed by atoms with Crippen LogP contribution >= 0.6 is 0 Å². The molecule has 2 aromatic rings. The van der Waals surface area contributed by atoms with Crippen molar-refractivity contribution < 1.29 is 19.4 Å². The van der Waals surface area contributed by atoms with Gasteiger partial charge in [0.2, 0.25) is 0 Å². The molecule has 1 atom stereocenters. The average molecular weight is 342 g/mol. The maximum Gasteiger partial charge on any atom is 0.318 e. The number of urea groups is 1. The molecule has 0 saturated heterocycles. The van der Waals surface area contributed by atoms with Gasteiger partial charge in [-0.1, -0.05) is 30.3 Å². The van der Waals surface area contributed by atoms with E-state index in [1.807, 2.05) is 30.3 Å². The highest BCUT2D eigenvalue weighted by Gasteiger charge is 2.31. The van der Waals surface area contributed by atoms with E-state index >= 15 is 0 Å². The van der Waals surface area contributed by atoms with Crippen LogP contribution in [0.2, 0.25) is 0 Å². The summed E-state index contributed by atoms with van der Waals surface area (Å²) in [5, 5.41) is 13.4. The number of carbonyl (C=O) groups excluding carboxylic acids is 1. The molecule has 1 heterocycles. The summed E-state index contributed by atoms with van der Waals surface area (Å²) in [7, 11) is 3.14. The van der Waals surface area contributed by atoms with Crippen molar-refractivity contribution >= 4 is 6.03 Å². The molecule has 0 spiro atoms. The predicted molar refractivity (Wildman–Crippen MR) is 93.6 cm³/mol. The standard InChI is InChI=1S/C19H22N2O4/c1-24-16-8-9-17(25-2)18-14(16)11-21(12-15(18)22)19(23)20-10-13-6-4-3-5-7-13/h3-9,15,22H,10-12H2,1-2H3,(H,20,23)/t15-/m1/s1. The molecule has 0 saturated carbocycles. The first-order valence-corrected chi connectivity index (χ1v) is 8.12. The number of aliphatic hydroxyl groups is 1. The molecule has 1 aliphatic rings. The molecule has 6 heteroatoms. The van der Waals surface area contributed by atoms with Gasteiger partial charge >= 0.3 is 6.03 Å². The number of β-amino-alcohol motifs (C(OH)–C–C–N with tert-alkyl or cyclic N) is 1. The van der Waals surface area contributed by atoms with Gasteiger partial charge in [0, 0.05) is 17.7 Å². The summed E-state index contributed by atoms with van der Waals surface area (Å²) in [5.41, 5.74) is 2.48. The van der Waals surface area contributed by atoms with Crippen LogP contribution in [0.5, 0.6) is 11.5 Å². The van der Waals surface area contributed by atoms with Crippen molar-refractivity contribution in [1.29, 1.82) is 0 Å². The zero-order valence-electron chi connectivity index (χ0n) is 14.4. The van der Waals surface area contributed by atoms with Gasteiger partial charge in [-0.05, 0) is 17.7 Å². The maximum absolute atomic E-state index is 12.5. The lowest BCUT2D eigenvalue weighted by Gasteiger charge is -2.34. The van der Waals surface area contributed by atoms with E-state index in [1.54, 1.807) is 31.3 Å². The normalized spacial score (nSPS) is 16.1. The van der Waals surface area contributed by atoms with Gasteiger partial charge in [0.1, 0.15) is 17.6 Å². The Balaban J connectivity index is 1.77. The predicted octanol–water partition coefficient (Wildman–Crippen LogP) is 2.46. The highest BCUT2D eigenvalue weighted by molar-refractivity contribution is 5.75. The fraction of sp³-hybridized carbons (Fsp3) is 0.316. The zero-order chi connectivity index (χ0) is 17.8. The third-order valence-electron chi connectivity index (χ3n) is 4.36. The molecular formula is C19H22N2O4. The SMILES string of the molecule is COc1ccc(OC)c2c1CN(C(=O)NCc1ccccc1)C[C@H]2O. The Labute approximate surface area is 147 Å². The third kappa shape index (κ3) is 3.53. The largest absolute Gasteiger partial charge is 0.496 e. The number of carbonyl (C=O) groups is 1. The van der Waals surface area contributed by atoms with Crippen molar-refractivity contribution in [3.8, 4) is 11.5 Å². The molecule has 0 radical (unpaired) electrons. The number of ether oxygens (including phenoxy) is 2. The van der Waals surface area contributed by atoms with Gasteiger partial charge in [-0.15, -0.1) is 0 Å². The van der Waals surface area contributed by atoms with E-state index in [0.717, 1.165) is 11.1 Å². The molecule has 0 fully saturated rings. The summed E-state index contributed by atoms with van der Waals surface area (Å²) in [6.45, 7) is 0.999. The Morgan fingerprint density at radius 1 is 1.16 bits per heavy atom. The highest BCUT2D eigenvalue weighted by Crippen LogP contribution is 2.39. The lowest BCUT2D eigenvalue weighted by Crippen LogP contribution is -2.44. The Hall–Kier alpha value is -2.73. The average Bonchev–Trinajstić information content (AvgIpc) is 2.65. The number of hydrogen-bond donors (Lipinski definition) is 2. The number of nitrogens with zero attached hydrogens (tertiary/aromatic N) is 1. The number of methoxy groups -OCH3 is 2. The van der Waals surface area contributed by atoms with Gasteiger partial charge in [0.05, 0.1) is 27.3 Å². The molecule has 2 amide bonds. The van der Waals surface area contributed by atoms with E-state index in [1.165, 1.54) is 0 Å². The van der Waals surface area contributed by atoms with E-state index in [-0.39, 0.29) is 12.6 Å². The summed E-state index contributed by atoms with van der Waals surface area (Å²) in [4.78, 5) is 14.1. The molecule has 0 bridgehead atoms. The van der Waals surface area contributed by atoms with Crippen LogP contribution in [0.3, 0.4) is 0 Å². The Morgan fingerprint density at radius 2 is 1.84 bits per heavy atom. The second-order valence-electron chi connectivity index (χ2n) is 5.90. The maximum atomic E-state index is 12.5. The second-order valence-corrected chi connectivity index (χ2v) is 5.90. The summed E-state index contributed by atoms with van der Waals surface area (Å²) in [6.07, 6.45) is -0.823. The van der Waals surface area contributed by atoms with E-state index in [2.05, 4.69) is 5.32 Å². The number of fused-ring (bicyclic) bond motifs is 1. The molecular weight excluding hydrogens is 320 g/mol. The molecule has 1 aliphatic heterocycles. The van der Waals surface area contributed by atoms with Crippen molar-refractivity contribution in [2.45, 2.75) is 19.2 Å². The molecule has 0 aromatic heterocycles. The van der Waals surface area contributed by atoms with Gasteiger partial charge in [-0.3, -0.25) is 0 Å². The molecule has 2 aromatic carbocycles. The van der Waals surface area contributed by atoms with Crippen LogP contribution in [0.15, 0.2) is 42.5 Å². The molecule has 25 heavy (non-hydrogen) atoms. The summed E-state index contributed by atoms with van der Waals surface area (Å²) < 4.78 is 10.7. The lowest BCUT2D eigenvalue weighted by molar-refractivity contribution is 0.100. The van der Waals surface area contributed by atoms with Crippen LogP contribution in [0.1, 0.15) is 22.8 Å². The first-order valence-electron chi connectivity index (χ1n) is 8.12. The van der Waals surface area contributed by atoms with Crippen LogP contribution in [-0.4, -0.2) is 36.8 Å². The fourth-order valence-corrected chi connectivity index (χ4v) is 3.12. The molecule has 0 aliphatic carbocycles. The number of benzene rings is 2. The van der Waals surface area contributed by atoms with Crippen LogP contribution < -0.4 is 14.8 Å². The minimum Gasteiger partial charge on any atom is -0.496 e. The van der Waals surface area contributed by atoms with Crippen molar-refractivity contribution in [2.75, 3.05) is 20.8 Å². The van der Waals surface area contributed by atoms with Crippen molar-refractivity contribution in [1.82, 2.24) is 10.2 Å². The minimum atomic E-state index is -0.823. The van der Waals surface area contributed by atoms with Crippen molar-refractivity contribution in [3.63, 3.8) is 0 Å². The van der Waals surface area contributed by atoms with Gasteiger partial charge in [0.15, 0.2) is 0 Å². The van der Waals surface area contributed by atoms with Gasteiger partial charge in [0.25, 0.3) is 0 Å². The van der Waals surface area contributed by atoms with Gasteiger partial charge in [-0.2, -0.15) is 0 Å². The van der Waals surface area contributed by atoms with Crippen LogP contribution in [0.4, 0.5) is 4.79 Å². The lowest BCUT2D eigenvalue weighted by atomic mass is 9.95. The van der Waals surface area contributed by atoms with Crippen LogP contribution in [0, 0.1) is 0 Å². The first-order chi connectivity index (χ1) is 12.1. The van der Waals surface area contributed by atoms with E-state index < -0.39 is 6.10 Å². The van der Waals surface area contributed by atoms with Crippen molar-refractivity contribution in [3.05, 3.63) is 59.2 Å². The van der Waals surface area contributed by atoms with Crippen LogP contribution in [0.25, 0.3) is 0 Å². The monoisotopic (exact) mass is 342 g/mol. The third-order valence-corrected chi connectivity index (χ3v) is 4.36. The zero-order valence-corrected chi connectivity index (χ0v) is 14.4. The minimum absolute atomic E-state index is 0.206. The van der Waals surface area contributed by atoms with E-state index in [0.29, 0.717) is 30.2 Å². The number of aliphatic hydroxyl groups excluding tert-OH is 1. The Bertz CT molecular complexity index is 749. The number of rotatable bonds is 4. The Morgan fingerprint density at radius 3 is 2.52 bits per heavy atom. The molecule has 2 N–H and O–H groups in total. The van der Waals surface area contributed by atoms with Gasteiger partial charge in [-0.25, -0.2) is 4.79 Å². The quantitative estimate of drug-likeness (QED) is 0.895. The molecule has 6 nitrogen and oxygen atoms in total.